The fraction of sp³-hybridized carbons (Fsp3) is 0.351. The first kappa shape index (κ1) is 36.5. The molecule has 0 radical (unpaired) electrons. The van der Waals surface area contributed by atoms with E-state index in [1.807, 2.05) is 61.6 Å². The standard InChI is InChI=1S/C37H39ClN4O8/c1-24-30(27-6-3-2-4-7-27)8-5-10-37(24,50-22-35(45)42-11-9-29(44)19-42)23-49-34-14-33(48-21-26-12-25(15-39)16-40-17-26)28(13-31(34)38)18-41-32(20-43)36(46)47/h2-8,10,12-14,16-17,24,29,32,41,43-44H,9,11,18-23H2,1H3,(H,46,47)/t24?,29-,32?,37?/m0/s1. The number of nitrogens with one attached hydrogen (secondary N) is 1. The number of halogens is 1. The first-order chi connectivity index (χ1) is 24.1. The molecule has 2 aliphatic rings. The summed E-state index contributed by atoms with van der Waals surface area (Å²) < 4.78 is 19.0. The van der Waals surface area contributed by atoms with Crippen LogP contribution in [0.4, 0.5) is 0 Å². The second-order valence-corrected chi connectivity index (χ2v) is 12.6. The van der Waals surface area contributed by atoms with Gasteiger partial charge in [0.2, 0.25) is 5.91 Å². The molecule has 0 spiro atoms. The molecule has 262 valence electrons. The van der Waals surface area contributed by atoms with Gasteiger partial charge >= 0.3 is 5.97 Å². The molecule has 1 fully saturated rings. The lowest BCUT2D eigenvalue weighted by Crippen LogP contribution is -2.47. The number of ether oxygens (including phenoxy) is 3. The molecule has 1 saturated heterocycles. The van der Waals surface area contributed by atoms with E-state index in [-0.39, 0.29) is 55.5 Å². The van der Waals surface area contributed by atoms with E-state index in [1.165, 1.54) is 6.20 Å². The Balaban J connectivity index is 1.42. The van der Waals surface area contributed by atoms with E-state index in [1.54, 1.807) is 29.3 Å². The first-order valence-corrected chi connectivity index (χ1v) is 16.5. The lowest BCUT2D eigenvalue weighted by Gasteiger charge is -2.39. The van der Waals surface area contributed by atoms with Crippen molar-refractivity contribution < 1.29 is 39.1 Å². The number of carbonyl (C=O) groups is 2. The Morgan fingerprint density at radius 1 is 1.18 bits per heavy atom. The van der Waals surface area contributed by atoms with E-state index in [9.17, 15) is 30.2 Å². The van der Waals surface area contributed by atoms with Crippen molar-refractivity contribution in [2.45, 2.75) is 44.2 Å². The van der Waals surface area contributed by atoms with Gasteiger partial charge < -0.3 is 34.4 Å². The molecular weight excluding hydrogens is 664 g/mol. The van der Waals surface area contributed by atoms with E-state index < -0.39 is 30.3 Å². The van der Waals surface area contributed by atoms with Crippen molar-refractivity contribution in [3.8, 4) is 17.6 Å². The molecule has 50 heavy (non-hydrogen) atoms. The van der Waals surface area contributed by atoms with Crippen LogP contribution < -0.4 is 14.8 Å². The number of carbonyl (C=O) groups excluding carboxylic acids is 1. The van der Waals surface area contributed by atoms with Gasteiger partial charge in [0.05, 0.1) is 23.3 Å². The number of aromatic nitrogens is 1. The number of nitriles is 1. The van der Waals surface area contributed by atoms with E-state index in [2.05, 4.69) is 10.3 Å². The number of carboxylic acids is 1. The number of rotatable bonds is 15. The molecule has 0 bridgehead atoms. The monoisotopic (exact) mass is 702 g/mol. The van der Waals surface area contributed by atoms with Gasteiger partial charge in [-0.25, -0.2) is 0 Å². The Morgan fingerprint density at radius 3 is 2.68 bits per heavy atom. The summed E-state index contributed by atoms with van der Waals surface area (Å²) in [6.45, 7) is 1.85. The fourth-order valence-corrected chi connectivity index (χ4v) is 6.13. The van der Waals surface area contributed by atoms with Gasteiger partial charge in [-0.3, -0.25) is 19.9 Å². The minimum absolute atomic E-state index is 0.00525. The molecule has 4 atom stereocenters. The Labute approximate surface area is 295 Å². The van der Waals surface area contributed by atoms with Crippen LogP contribution in [-0.2, 0) is 27.5 Å². The molecule has 0 saturated carbocycles. The molecular formula is C37H39ClN4O8. The summed E-state index contributed by atoms with van der Waals surface area (Å²) in [5.41, 5.74) is 2.37. The van der Waals surface area contributed by atoms with Gasteiger partial charge in [0.15, 0.2) is 0 Å². The Bertz CT molecular complexity index is 1780. The van der Waals surface area contributed by atoms with Crippen molar-refractivity contribution in [3.05, 3.63) is 106 Å². The van der Waals surface area contributed by atoms with E-state index >= 15 is 0 Å². The number of benzene rings is 2. The van der Waals surface area contributed by atoms with Gasteiger partial charge in [-0.2, -0.15) is 5.26 Å². The molecule has 12 nitrogen and oxygen atoms in total. The lowest BCUT2D eigenvalue weighted by molar-refractivity contribution is -0.144. The zero-order chi connectivity index (χ0) is 35.7. The van der Waals surface area contributed by atoms with E-state index in [0.717, 1.165) is 11.1 Å². The van der Waals surface area contributed by atoms with Crippen LogP contribution in [0.25, 0.3) is 5.57 Å². The highest BCUT2D eigenvalue weighted by molar-refractivity contribution is 6.32. The summed E-state index contributed by atoms with van der Waals surface area (Å²) in [6.07, 6.45) is 8.72. The number of allylic oxidation sites excluding steroid dienone is 2. The third kappa shape index (κ3) is 8.87. The number of hydrogen-bond donors (Lipinski definition) is 4. The van der Waals surface area contributed by atoms with Crippen molar-refractivity contribution in [2.24, 2.45) is 5.92 Å². The Morgan fingerprint density at radius 2 is 1.98 bits per heavy atom. The van der Waals surface area contributed by atoms with E-state index in [0.29, 0.717) is 35.4 Å². The number of aliphatic hydroxyl groups excluding tert-OH is 2. The smallest absolute Gasteiger partial charge is 0.323 e. The molecule has 1 aliphatic heterocycles. The van der Waals surface area contributed by atoms with Crippen molar-refractivity contribution in [1.29, 1.82) is 5.26 Å². The molecule has 1 aliphatic carbocycles. The number of hydrogen-bond acceptors (Lipinski definition) is 10. The number of aliphatic carboxylic acids is 1. The normalized spacial score (nSPS) is 20.5. The quantitative estimate of drug-likeness (QED) is 0.182. The van der Waals surface area contributed by atoms with Gasteiger partial charge in [-0.1, -0.05) is 61.0 Å². The minimum atomic E-state index is -1.22. The number of aliphatic hydroxyl groups is 2. The zero-order valence-electron chi connectivity index (χ0n) is 27.5. The third-order valence-electron chi connectivity index (χ3n) is 8.85. The second kappa shape index (κ2) is 16.8. The molecule has 13 heteroatoms. The van der Waals surface area contributed by atoms with Crippen molar-refractivity contribution >= 4 is 29.1 Å². The average Bonchev–Trinajstić information content (AvgIpc) is 3.57. The second-order valence-electron chi connectivity index (χ2n) is 12.2. The van der Waals surface area contributed by atoms with Crippen LogP contribution >= 0.6 is 11.6 Å². The summed E-state index contributed by atoms with van der Waals surface area (Å²) >= 11 is 6.75. The molecule has 3 unspecified atom stereocenters. The van der Waals surface area contributed by atoms with Gasteiger partial charge in [0.1, 0.15) is 49.0 Å². The minimum Gasteiger partial charge on any atom is -0.489 e. The molecule has 4 N–H and O–H groups in total. The van der Waals surface area contributed by atoms with Crippen molar-refractivity contribution in [2.75, 3.05) is 32.9 Å². The first-order valence-electron chi connectivity index (χ1n) is 16.2. The summed E-state index contributed by atoms with van der Waals surface area (Å²) in [7, 11) is 0. The molecule has 2 aromatic carbocycles. The zero-order valence-corrected chi connectivity index (χ0v) is 28.3. The molecule has 1 amide bonds. The highest BCUT2D eigenvalue weighted by Gasteiger charge is 2.41. The van der Waals surface area contributed by atoms with E-state index in [4.69, 9.17) is 25.8 Å². The summed E-state index contributed by atoms with van der Waals surface area (Å²) in [5.74, 6) is -1.16. The number of likely N-dealkylation sites (tertiary alicyclic amines) is 1. The third-order valence-corrected chi connectivity index (χ3v) is 9.14. The molecule has 1 aromatic heterocycles. The van der Waals surface area contributed by atoms with Crippen LogP contribution in [0.1, 0.15) is 35.6 Å². The van der Waals surface area contributed by atoms with Gasteiger partial charge in [-0.15, -0.1) is 0 Å². The summed E-state index contributed by atoms with van der Waals surface area (Å²) in [6, 6.07) is 15.5. The van der Waals surface area contributed by atoms with Crippen LogP contribution in [0.2, 0.25) is 5.02 Å². The highest BCUT2D eigenvalue weighted by Crippen LogP contribution is 2.41. The van der Waals surface area contributed by atoms with Gasteiger partial charge in [0, 0.05) is 55.1 Å². The topological polar surface area (TPSA) is 174 Å². The number of pyridine rings is 1. The molecule has 3 aromatic rings. The summed E-state index contributed by atoms with van der Waals surface area (Å²) in [4.78, 5) is 30.3. The van der Waals surface area contributed by atoms with Gasteiger partial charge in [-0.05, 0) is 35.8 Å². The predicted octanol–water partition coefficient (Wildman–Crippen LogP) is 3.74. The predicted molar refractivity (Wildman–Crippen MR) is 184 cm³/mol. The lowest BCUT2D eigenvalue weighted by atomic mass is 9.77. The maximum atomic E-state index is 13.1. The van der Waals surface area contributed by atoms with Crippen LogP contribution in [-0.4, -0.2) is 87.7 Å². The largest absolute Gasteiger partial charge is 0.489 e. The molecule has 2 heterocycles. The van der Waals surface area contributed by atoms with Gasteiger partial charge in [0.25, 0.3) is 0 Å². The van der Waals surface area contributed by atoms with Crippen LogP contribution in [0.5, 0.6) is 11.5 Å². The number of β-amino-alcohol motifs (C(OH)–C–C–N with tert-alkyl or cyclic N) is 1. The maximum absolute atomic E-state index is 13.1. The van der Waals surface area contributed by atoms with Crippen LogP contribution in [0.15, 0.2) is 79.2 Å². The Kier molecular flexibility index (Phi) is 12.2. The number of nitrogens with zero attached hydrogens (tertiary/aromatic N) is 3. The fourth-order valence-electron chi connectivity index (χ4n) is 5.89. The average molecular weight is 703 g/mol. The van der Waals surface area contributed by atoms with Crippen molar-refractivity contribution in [3.63, 3.8) is 0 Å². The summed E-state index contributed by atoms with van der Waals surface area (Å²) in [5, 5.41) is 41.2. The van der Waals surface area contributed by atoms with Crippen molar-refractivity contribution in [1.82, 2.24) is 15.2 Å². The maximum Gasteiger partial charge on any atom is 0.323 e. The highest BCUT2D eigenvalue weighted by atomic mass is 35.5. The number of amides is 1. The van der Waals surface area contributed by atoms with Crippen LogP contribution in [0.3, 0.4) is 0 Å². The van der Waals surface area contributed by atoms with Crippen LogP contribution in [0, 0.1) is 17.2 Å². The number of carboxylic acid groups (broad SMARTS) is 1. The SMILES string of the molecule is CC1C(c2ccccc2)=CC=CC1(COc1cc(OCc2cncc(C#N)c2)c(CNC(CO)C(=O)O)cc1Cl)OCC(=O)N1CC[C@H](O)C1. The Hall–Kier alpha value is -4.77. The molecule has 5 rings (SSSR count).